The zero-order valence-electron chi connectivity index (χ0n) is 10.6. The highest BCUT2D eigenvalue weighted by Crippen LogP contribution is 2.16. The number of nitrogens with one attached hydrogen (secondary N) is 1. The summed E-state index contributed by atoms with van der Waals surface area (Å²) in [5.41, 5.74) is 1.37. The van der Waals surface area contributed by atoms with Crippen molar-refractivity contribution in [1.29, 1.82) is 0 Å². The summed E-state index contributed by atoms with van der Waals surface area (Å²) >= 11 is 1.81. The molecule has 1 N–H and O–H groups in total. The lowest BCUT2D eigenvalue weighted by atomic mass is 10.2. The lowest BCUT2D eigenvalue weighted by Crippen LogP contribution is -2.19. The van der Waals surface area contributed by atoms with E-state index < -0.39 is 0 Å². The zero-order chi connectivity index (χ0) is 12.4. The maximum absolute atomic E-state index is 4.29. The van der Waals surface area contributed by atoms with Crippen LogP contribution in [0.15, 0.2) is 11.4 Å². The van der Waals surface area contributed by atoms with E-state index >= 15 is 0 Å². The Kier molecular flexibility index (Phi) is 3.43. The number of fused-ring (bicyclic) bond motifs is 1. The van der Waals surface area contributed by atoms with Crippen LogP contribution in [0, 0.1) is 6.92 Å². The molecule has 0 radical (unpaired) electrons. The molecule has 2 aromatic heterocycles. The monoisotopic (exact) mass is 262 g/mol. The standard InChI is InChI=1S/C13H18N4S/c1-10-5-7-18-11(10)8-14-9-13-16-15-12-4-2-3-6-17(12)13/h5,7,14H,2-4,6,8-9H2,1H3. The number of hydrogen-bond donors (Lipinski definition) is 1. The molecule has 0 bridgehead atoms. The molecule has 1 aliphatic rings. The lowest BCUT2D eigenvalue weighted by molar-refractivity contribution is 0.497. The van der Waals surface area contributed by atoms with Gasteiger partial charge in [-0.15, -0.1) is 21.5 Å². The molecule has 3 heterocycles. The van der Waals surface area contributed by atoms with Crippen LogP contribution in [0.1, 0.15) is 34.9 Å². The van der Waals surface area contributed by atoms with Crippen molar-refractivity contribution >= 4 is 11.3 Å². The molecule has 2 aromatic rings. The minimum atomic E-state index is 0.810. The van der Waals surface area contributed by atoms with Crippen molar-refractivity contribution in [1.82, 2.24) is 20.1 Å². The van der Waals surface area contributed by atoms with Gasteiger partial charge in [-0.25, -0.2) is 0 Å². The topological polar surface area (TPSA) is 42.7 Å². The lowest BCUT2D eigenvalue weighted by Gasteiger charge is -2.14. The smallest absolute Gasteiger partial charge is 0.147 e. The SMILES string of the molecule is Cc1ccsc1CNCc1nnc2n1CCCC2. The van der Waals surface area contributed by atoms with Crippen LogP contribution in [0.25, 0.3) is 0 Å². The summed E-state index contributed by atoms with van der Waals surface area (Å²) in [5, 5.41) is 14.2. The molecule has 0 saturated heterocycles. The van der Waals surface area contributed by atoms with Gasteiger partial charge in [-0.1, -0.05) is 0 Å². The van der Waals surface area contributed by atoms with Gasteiger partial charge in [0.1, 0.15) is 11.6 Å². The predicted octanol–water partition coefficient (Wildman–Crippen LogP) is 2.27. The van der Waals surface area contributed by atoms with Crippen LogP contribution in [0.5, 0.6) is 0 Å². The summed E-state index contributed by atoms with van der Waals surface area (Å²) in [7, 11) is 0. The number of thiophene rings is 1. The zero-order valence-corrected chi connectivity index (χ0v) is 11.5. The van der Waals surface area contributed by atoms with Gasteiger partial charge in [-0.05, 0) is 36.8 Å². The first-order chi connectivity index (χ1) is 8.84. The molecular formula is C13H18N4S. The molecule has 1 aliphatic heterocycles. The van der Waals surface area contributed by atoms with Crippen LogP contribution >= 0.6 is 11.3 Å². The number of rotatable bonds is 4. The molecule has 0 spiro atoms. The fraction of sp³-hybridized carbons (Fsp3) is 0.538. The van der Waals surface area contributed by atoms with Gasteiger partial charge in [-0.3, -0.25) is 0 Å². The fourth-order valence-corrected chi connectivity index (χ4v) is 3.25. The quantitative estimate of drug-likeness (QED) is 0.919. The second-order valence-corrected chi connectivity index (χ2v) is 5.77. The van der Waals surface area contributed by atoms with Crippen molar-refractivity contribution in [2.45, 2.75) is 45.8 Å². The van der Waals surface area contributed by atoms with E-state index in [2.05, 4.69) is 38.5 Å². The van der Waals surface area contributed by atoms with Crippen molar-refractivity contribution in [2.75, 3.05) is 0 Å². The molecular weight excluding hydrogens is 244 g/mol. The fourth-order valence-electron chi connectivity index (χ4n) is 2.37. The number of aryl methyl sites for hydroxylation is 2. The molecule has 96 valence electrons. The number of aromatic nitrogens is 3. The molecule has 0 fully saturated rings. The van der Waals surface area contributed by atoms with Crippen LogP contribution < -0.4 is 5.32 Å². The van der Waals surface area contributed by atoms with Gasteiger partial charge in [0, 0.05) is 24.4 Å². The normalized spacial score (nSPS) is 14.7. The van der Waals surface area contributed by atoms with Crippen LogP contribution in [0.3, 0.4) is 0 Å². The Morgan fingerprint density at radius 1 is 1.33 bits per heavy atom. The molecule has 0 aliphatic carbocycles. The molecule has 0 atom stereocenters. The molecule has 4 nitrogen and oxygen atoms in total. The van der Waals surface area contributed by atoms with Gasteiger partial charge in [0.05, 0.1) is 6.54 Å². The van der Waals surface area contributed by atoms with Gasteiger partial charge >= 0.3 is 0 Å². The molecule has 0 unspecified atom stereocenters. The molecule has 18 heavy (non-hydrogen) atoms. The van der Waals surface area contributed by atoms with Crippen LogP contribution in [0.4, 0.5) is 0 Å². The van der Waals surface area contributed by atoms with E-state index in [4.69, 9.17) is 0 Å². The summed E-state index contributed by atoms with van der Waals surface area (Å²) in [6, 6.07) is 2.17. The van der Waals surface area contributed by atoms with Crippen molar-refractivity contribution in [3.63, 3.8) is 0 Å². The molecule has 0 saturated carbocycles. The van der Waals surface area contributed by atoms with E-state index in [9.17, 15) is 0 Å². The first kappa shape index (κ1) is 11.9. The van der Waals surface area contributed by atoms with Gasteiger partial charge in [-0.2, -0.15) is 0 Å². The average molecular weight is 262 g/mol. The molecule has 0 aromatic carbocycles. The van der Waals surface area contributed by atoms with Crippen molar-refractivity contribution in [3.8, 4) is 0 Å². The predicted molar refractivity (Wildman–Crippen MR) is 72.6 cm³/mol. The van der Waals surface area contributed by atoms with Gasteiger partial charge in [0.25, 0.3) is 0 Å². The summed E-state index contributed by atoms with van der Waals surface area (Å²) < 4.78 is 2.28. The van der Waals surface area contributed by atoms with Crippen LogP contribution in [0.2, 0.25) is 0 Å². The first-order valence-electron chi connectivity index (χ1n) is 6.49. The van der Waals surface area contributed by atoms with Crippen LogP contribution in [-0.4, -0.2) is 14.8 Å². The molecule has 5 heteroatoms. The first-order valence-corrected chi connectivity index (χ1v) is 7.37. The summed E-state index contributed by atoms with van der Waals surface area (Å²) in [4.78, 5) is 1.41. The second kappa shape index (κ2) is 5.20. The minimum absolute atomic E-state index is 0.810. The summed E-state index contributed by atoms with van der Waals surface area (Å²) in [6.07, 6.45) is 3.58. The van der Waals surface area contributed by atoms with Crippen molar-refractivity contribution < 1.29 is 0 Å². The highest BCUT2D eigenvalue weighted by molar-refractivity contribution is 7.10. The molecule has 3 rings (SSSR count). The third-order valence-corrected chi connectivity index (χ3v) is 4.50. The van der Waals surface area contributed by atoms with Gasteiger partial charge < -0.3 is 9.88 Å². The summed E-state index contributed by atoms with van der Waals surface area (Å²) in [6.45, 7) is 4.97. The molecule has 0 amide bonds. The Morgan fingerprint density at radius 3 is 3.11 bits per heavy atom. The van der Waals surface area contributed by atoms with E-state index in [1.807, 2.05) is 11.3 Å². The Bertz CT molecular complexity index is 529. The Hall–Kier alpha value is -1.20. The van der Waals surface area contributed by atoms with E-state index in [0.717, 1.165) is 37.7 Å². The highest BCUT2D eigenvalue weighted by Gasteiger charge is 2.15. The van der Waals surface area contributed by atoms with E-state index in [-0.39, 0.29) is 0 Å². The van der Waals surface area contributed by atoms with Crippen molar-refractivity contribution in [3.05, 3.63) is 33.5 Å². The average Bonchev–Trinajstić information content (AvgIpc) is 2.97. The van der Waals surface area contributed by atoms with E-state index in [1.165, 1.54) is 23.3 Å². The Morgan fingerprint density at radius 2 is 2.28 bits per heavy atom. The highest BCUT2D eigenvalue weighted by atomic mass is 32.1. The third-order valence-electron chi connectivity index (χ3n) is 3.47. The third kappa shape index (κ3) is 2.33. The number of nitrogens with zero attached hydrogens (tertiary/aromatic N) is 3. The minimum Gasteiger partial charge on any atom is -0.314 e. The maximum atomic E-state index is 4.29. The van der Waals surface area contributed by atoms with Crippen molar-refractivity contribution in [2.24, 2.45) is 0 Å². The Labute approximate surface area is 111 Å². The number of hydrogen-bond acceptors (Lipinski definition) is 4. The van der Waals surface area contributed by atoms with E-state index in [0.29, 0.717) is 0 Å². The Balaban J connectivity index is 1.60. The van der Waals surface area contributed by atoms with Gasteiger partial charge in [0.2, 0.25) is 0 Å². The van der Waals surface area contributed by atoms with Crippen LogP contribution in [-0.2, 0) is 26.1 Å². The maximum Gasteiger partial charge on any atom is 0.147 e. The van der Waals surface area contributed by atoms with E-state index in [1.54, 1.807) is 0 Å². The second-order valence-electron chi connectivity index (χ2n) is 4.77. The van der Waals surface area contributed by atoms with Gasteiger partial charge in [0.15, 0.2) is 0 Å². The summed E-state index contributed by atoms with van der Waals surface area (Å²) in [5.74, 6) is 2.24. The largest absolute Gasteiger partial charge is 0.314 e.